The first-order chi connectivity index (χ1) is 13.8. The van der Waals surface area contributed by atoms with E-state index in [9.17, 15) is 14.4 Å². The van der Waals surface area contributed by atoms with E-state index in [0.29, 0.717) is 0 Å². The molecule has 0 spiro atoms. The monoisotopic (exact) mass is 418 g/mol. The van der Waals surface area contributed by atoms with Gasteiger partial charge in [0.15, 0.2) is 6.10 Å². The molecule has 2 rings (SSSR count). The molecule has 7 nitrogen and oxygen atoms in total. The van der Waals surface area contributed by atoms with Crippen LogP contribution in [0.3, 0.4) is 0 Å². The number of amides is 2. The van der Waals surface area contributed by atoms with Gasteiger partial charge in [0.25, 0.3) is 11.8 Å². The summed E-state index contributed by atoms with van der Waals surface area (Å²) in [6.07, 6.45) is -1.01. The number of benzene rings is 2. The molecule has 0 aliphatic rings. The third kappa shape index (κ3) is 6.50. The number of carbonyl (C=O) groups excluding carboxylic acids is 3. The Bertz CT molecular complexity index is 870. The molecule has 8 heteroatoms. The minimum absolute atomic E-state index is 0.249. The summed E-state index contributed by atoms with van der Waals surface area (Å²) in [6.45, 7) is 3.21. The average molecular weight is 419 g/mol. The molecule has 0 heterocycles. The Morgan fingerprint density at radius 1 is 1.03 bits per heavy atom. The first-order valence-electron chi connectivity index (χ1n) is 8.98. The van der Waals surface area contributed by atoms with Crippen LogP contribution in [0, 0.1) is 0 Å². The van der Waals surface area contributed by atoms with Crippen molar-refractivity contribution in [2.24, 2.45) is 0 Å². The second kappa shape index (κ2) is 10.5. The van der Waals surface area contributed by atoms with Crippen molar-refractivity contribution >= 4 is 29.4 Å². The van der Waals surface area contributed by atoms with Crippen molar-refractivity contribution < 1.29 is 23.9 Å². The Morgan fingerprint density at radius 2 is 1.69 bits per heavy atom. The SMILES string of the molecule is COc1ccc(CNC(=O)[C@@H](C)OC(=O)[C@H](C)NC(=O)c2ccccc2Cl)cc1. The second-order valence-corrected chi connectivity index (χ2v) is 6.73. The molecule has 0 unspecified atom stereocenters. The Hall–Kier alpha value is -3.06. The molecule has 2 atom stereocenters. The molecular weight excluding hydrogens is 396 g/mol. The number of hydrogen-bond donors (Lipinski definition) is 2. The van der Waals surface area contributed by atoms with Crippen LogP contribution in [0.15, 0.2) is 48.5 Å². The maximum atomic E-state index is 12.2. The van der Waals surface area contributed by atoms with Gasteiger partial charge in [-0.3, -0.25) is 9.59 Å². The summed E-state index contributed by atoms with van der Waals surface area (Å²) in [5.74, 6) is -0.955. The van der Waals surface area contributed by atoms with Crippen LogP contribution in [0.25, 0.3) is 0 Å². The summed E-state index contributed by atoms with van der Waals surface area (Å²) in [5, 5.41) is 5.48. The molecule has 0 bridgehead atoms. The topological polar surface area (TPSA) is 93.7 Å². The van der Waals surface area contributed by atoms with E-state index in [-0.39, 0.29) is 17.1 Å². The zero-order valence-electron chi connectivity index (χ0n) is 16.4. The predicted molar refractivity (Wildman–Crippen MR) is 109 cm³/mol. The molecule has 0 aliphatic carbocycles. The van der Waals surface area contributed by atoms with Crippen LogP contribution < -0.4 is 15.4 Å². The van der Waals surface area contributed by atoms with E-state index in [1.807, 2.05) is 12.1 Å². The molecule has 0 fully saturated rings. The van der Waals surface area contributed by atoms with Crippen molar-refractivity contribution in [2.45, 2.75) is 32.5 Å². The number of rotatable bonds is 8. The van der Waals surface area contributed by atoms with E-state index in [0.717, 1.165) is 11.3 Å². The van der Waals surface area contributed by atoms with Crippen molar-refractivity contribution in [2.75, 3.05) is 7.11 Å². The van der Waals surface area contributed by atoms with Crippen molar-refractivity contribution in [1.82, 2.24) is 10.6 Å². The Morgan fingerprint density at radius 3 is 2.31 bits per heavy atom. The number of halogens is 1. The lowest BCUT2D eigenvalue weighted by Gasteiger charge is -2.18. The molecule has 2 amide bonds. The van der Waals surface area contributed by atoms with E-state index >= 15 is 0 Å². The van der Waals surface area contributed by atoms with Crippen molar-refractivity contribution in [3.8, 4) is 5.75 Å². The van der Waals surface area contributed by atoms with Gasteiger partial charge in [-0.1, -0.05) is 35.9 Å². The number of ether oxygens (including phenoxy) is 2. The lowest BCUT2D eigenvalue weighted by atomic mass is 10.2. The number of hydrogen-bond acceptors (Lipinski definition) is 5. The van der Waals surface area contributed by atoms with Crippen molar-refractivity contribution in [3.05, 3.63) is 64.7 Å². The van der Waals surface area contributed by atoms with Crippen LogP contribution in [-0.2, 0) is 20.9 Å². The number of esters is 1. The number of carbonyl (C=O) groups is 3. The minimum Gasteiger partial charge on any atom is -0.497 e. The standard InChI is InChI=1S/C21H23ClN2O5/c1-13(24-20(26)17-6-4-5-7-18(17)22)21(27)29-14(2)19(25)23-12-15-8-10-16(28-3)11-9-15/h4-11,13-14H,12H2,1-3H3,(H,23,25)(H,24,26)/t13-,14+/m0/s1. The summed E-state index contributed by atoms with van der Waals surface area (Å²) < 4.78 is 10.2. The van der Waals surface area contributed by atoms with Gasteiger partial charge in [-0.25, -0.2) is 4.79 Å². The first kappa shape index (κ1) is 22.2. The molecule has 0 saturated carbocycles. The number of methoxy groups -OCH3 is 1. The predicted octanol–water partition coefficient (Wildman–Crippen LogP) is 2.72. The molecule has 29 heavy (non-hydrogen) atoms. The smallest absolute Gasteiger partial charge is 0.329 e. The fourth-order valence-corrected chi connectivity index (χ4v) is 2.61. The van der Waals surface area contributed by atoms with Crippen molar-refractivity contribution in [3.63, 3.8) is 0 Å². The third-order valence-electron chi connectivity index (χ3n) is 4.11. The van der Waals surface area contributed by atoms with Gasteiger partial charge in [0.2, 0.25) is 0 Å². The molecule has 2 N–H and O–H groups in total. The lowest BCUT2D eigenvalue weighted by Crippen LogP contribution is -2.43. The molecule has 0 aliphatic heterocycles. The molecule has 2 aromatic carbocycles. The summed E-state index contributed by atoms with van der Waals surface area (Å²) >= 11 is 5.97. The van der Waals surface area contributed by atoms with Gasteiger partial charge in [0.05, 0.1) is 17.7 Å². The van der Waals surface area contributed by atoms with Gasteiger partial charge < -0.3 is 20.1 Å². The molecule has 0 aromatic heterocycles. The van der Waals surface area contributed by atoms with Gasteiger partial charge in [0.1, 0.15) is 11.8 Å². The highest BCUT2D eigenvalue weighted by atomic mass is 35.5. The molecular formula is C21H23ClN2O5. The fraction of sp³-hybridized carbons (Fsp3) is 0.286. The van der Waals surface area contributed by atoms with Crippen LogP contribution in [-0.4, -0.2) is 37.0 Å². The third-order valence-corrected chi connectivity index (χ3v) is 4.44. The summed E-state index contributed by atoms with van der Waals surface area (Å²) in [6, 6.07) is 12.8. The largest absolute Gasteiger partial charge is 0.497 e. The molecule has 0 saturated heterocycles. The minimum atomic E-state index is -1.01. The molecule has 2 aromatic rings. The van der Waals surface area contributed by atoms with Crippen LogP contribution in [0.2, 0.25) is 5.02 Å². The molecule has 0 radical (unpaired) electrons. The van der Waals surface area contributed by atoms with E-state index < -0.39 is 29.9 Å². The zero-order valence-corrected chi connectivity index (χ0v) is 17.2. The summed E-state index contributed by atoms with van der Waals surface area (Å²) in [7, 11) is 1.57. The van der Waals surface area contributed by atoms with Gasteiger partial charge in [-0.05, 0) is 43.7 Å². The Labute approximate surface area is 174 Å². The van der Waals surface area contributed by atoms with Crippen LogP contribution in [0.1, 0.15) is 29.8 Å². The average Bonchev–Trinajstić information content (AvgIpc) is 2.72. The van der Waals surface area contributed by atoms with Crippen LogP contribution in [0.4, 0.5) is 0 Å². The highest BCUT2D eigenvalue weighted by Crippen LogP contribution is 2.15. The Balaban J connectivity index is 1.82. The Kier molecular flexibility index (Phi) is 8.03. The molecule has 154 valence electrons. The van der Waals surface area contributed by atoms with Crippen LogP contribution in [0.5, 0.6) is 5.75 Å². The van der Waals surface area contributed by atoms with E-state index in [1.165, 1.54) is 13.8 Å². The van der Waals surface area contributed by atoms with Gasteiger partial charge >= 0.3 is 5.97 Å². The van der Waals surface area contributed by atoms with Crippen LogP contribution >= 0.6 is 11.6 Å². The highest BCUT2D eigenvalue weighted by Gasteiger charge is 2.24. The van der Waals surface area contributed by atoms with Gasteiger partial charge in [-0.15, -0.1) is 0 Å². The van der Waals surface area contributed by atoms with Crippen molar-refractivity contribution in [1.29, 1.82) is 0 Å². The first-order valence-corrected chi connectivity index (χ1v) is 9.36. The highest BCUT2D eigenvalue weighted by molar-refractivity contribution is 6.33. The lowest BCUT2D eigenvalue weighted by molar-refractivity contribution is -0.156. The maximum absolute atomic E-state index is 12.2. The summed E-state index contributed by atoms with van der Waals surface area (Å²) in [4.78, 5) is 36.6. The fourth-order valence-electron chi connectivity index (χ4n) is 2.38. The van der Waals surface area contributed by atoms with E-state index in [4.69, 9.17) is 21.1 Å². The second-order valence-electron chi connectivity index (χ2n) is 6.32. The zero-order chi connectivity index (χ0) is 21.4. The van der Waals surface area contributed by atoms with Gasteiger partial charge in [-0.2, -0.15) is 0 Å². The normalized spacial score (nSPS) is 12.4. The van der Waals surface area contributed by atoms with Gasteiger partial charge in [0, 0.05) is 6.54 Å². The van der Waals surface area contributed by atoms with E-state index in [1.54, 1.807) is 43.5 Å². The van der Waals surface area contributed by atoms with E-state index in [2.05, 4.69) is 10.6 Å². The number of nitrogens with one attached hydrogen (secondary N) is 2. The summed E-state index contributed by atoms with van der Waals surface area (Å²) in [5.41, 5.74) is 1.12. The quantitative estimate of drug-likeness (QED) is 0.643. The maximum Gasteiger partial charge on any atom is 0.329 e.